The fourth-order valence-corrected chi connectivity index (χ4v) is 0.742. The van der Waals surface area contributed by atoms with E-state index in [-0.39, 0.29) is 39.5 Å². The van der Waals surface area contributed by atoms with Gasteiger partial charge in [-0.15, -0.1) is 0 Å². The molecule has 13 heteroatoms. The van der Waals surface area contributed by atoms with E-state index < -0.39 is 11.9 Å². The Bertz CT molecular complexity index is 438. The van der Waals surface area contributed by atoms with E-state index in [1.807, 2.05) is 0 Å². The minimum absolute atomic E-state index is 0. The van der Waals surface area contributed by atoms with Gasteiger partial charge in [0, 0.05) is 0 Å². The molecule has 0 fully saturated rings. The first kappa shape index (κ1) is 31.8. The predicted molar refractivity (Wildman–Crippen MR) is 76.6 cm³/mol. The molecule has 0 radical (unpaired) electrons. The molecule has 0 spiro atoms. The SMILES string of the molecule is NC(N)=[NH2+].NC(N)=[NH2+].O.O.O.O=C([O-])c1ccc(C(=O)[O-])cc1. The maximum Gasteiger partial charge on any atom is 0.336 e. The Morgan fingerprint density at radius 3 is 0.913 bits per heavy atom. The van der Waals surface area contributed by atoms with E-state index in [0.717, 1.165) is 24.3 Å². The smallest absolute Gasteiger partial charge is 0.336 e. The summed E-state index contributed by atoms with van der Waals surface area (Å²) in [5.74, 6) is -2.83. The van der Waals surface area contributed by atoms with Gasteiger partial charge in [0.1, 0.15) is 0 Å². The summed E-state index contributed by atoms with van der Waals surface area (Å²) >= 11 is 0. The Kier molecular flexibility index (Phi) is 23.0. The summed E-state index contributed by atoms with van der Waals surface area (Å²) in [6, 6.07) is 4.61. The summed E-state index contributed by atoms with van der Waals surface area (Å²) in [5.41, 5.74) is 18.2. The first-order valence-electron chi connectivity index (χ1n) is 4.87. The molecule has 1 aromatic rings. The molecule has 0 bridgehead atoms. The van der Waals surface area contributed by atoms with Gasteiger partial charge in [0.2, 0.25) is 0 Å². The van der Waals surface area contributed by atoms with Crippen molar-refractivity contribution in [2.45, 2.75) is 0 Å². The molecule has 0 aliphatic rings. The monoisotopic (exact) mass is 338 g/mol. The van der Waals surface area contributed by atoms with Crippen LogP contribution in [0, 0.1) is 0 Å². The molecule has 0 atom stereocenters. The van der Waals surface area contributed by atoms with Crippen molar-refractivity contribution >= 4 is 23.9 Å². The van der Waals surface area contributed by atoms with Crippen molar-refractivity contribution < 1.29 is 47.0 Å². The summed E-state index contributed by atoms with van der Waals surface area (Å²) in [6.45, 7) is 0. The van der Waals surface area contributed by atoms with Gasteiger partial charge in [0.25, 0.3) is 0 Å². The zero-order valence-electron chi connectivity index (χ0n) is 11.9. The van der Waals surface area contributed by atoms with E-state index in [0.29, 0.717) is 0 Å². The fraction of sp³-hybridized carbons (Fsp3) is 0. The molecule has 18 N–H and O–H groups in total. The van der Waals surface area contributed by atoms with Crippen molar-refractivity contribution in [1.29, 1.82) is 0 Å². The van der Waals surface area contributed by atoms with Crippen LogP contribution in [0.5, 0.6) is 0 Å². The van der Waals surface area contributed by atoms with Gasteiger partial charge in [0.15, 0.2) is 0 Å². The van der Waals surface area contributed by atoms with Crippen LogP contribution in [-0.2, 0) is 0 Å². The van der Waals surface area contributed by atoms with E-state index >= 15 is 0 Å². The van der Waals surface area contributed by atoms with Gasteiger partial charge in [0.05, 0.1) is 11.9 Å². The second-order valence-corrected chi connectivity index (χ2v) is 3.15. The molecular formula is C10H22N6O7. The van der Waals surface area contributed by atoms with Crippen molar-refractivity contribution in [2.24, 2.45) is 22.9 Å². The molecule has 1 rings (SSSR count). The molecule has 0 saturated carbocycles. The Hall–Kier alpha value is -3.42. The van der Waals surface area contributed by atoms with Crippen LogP contribution in [0.25, 0.3) is 0 Å². The summed E-state index contributed by atoms with van der Waals surface area (Å²) in [6.07, 6.45) is 0. The van der Waals surface area contributed by atoms with E-state index in [4.69, 9.17) is 0 Å². The average Bonchev–Trinajstić information content (AvgIpc) is 2.27. The van der Waals surface area contributed by atoms with Crippen molar-refractivity contribution in [1.82, 2.24) is 0 Å². The lowest BCUT2D eigenvalue weighted by molar-refractivity contribution is -0.256. The molecule has 23 heavy (non-hydrogen) atoms. The van der Waals surface area contributed by atoms with Crippen LogP contribution in [0.2, 0.25) is 0 Å². The standard InChI is InChI=1S/C8H6O4.2CH5N3.3H2O/c9-7(10)5-1-2-6(4-3-5)8(11)12;2*2-1(3)4;;;/h1-4H,(H,9,10)(H,11,12);2*(H5,2,3,4);3*1H2. The van der Waals surface area contributed by atoms with Gasteiger partial charge < -0.3 is 36.2 Å². The number of carbonyl (C=O) groups is 2. The molecule has 134 valence electrons. The van der Waals surface area contributed by atoms with Crippen LogP contribution in [0.1, 0.15) is 20.7 Å². The zero-order valence-corrected chi connectivity index (χ0v) is 11.9. The summed E-state index contributed by atoms with van der Waals surface area (Å²) in [4.78, 5) is 20.4. The summed E-state index contributed by atoms with van der Waals surface area (Å²) in [5, 5.41) is 29.6. The lowest BCUT2D eigenvalue weighted by Gasteiger charge is -2.04. The predicted octanol–water partition coefficient (Wildman–Crippen LogP) is -10.0. The first-order valence-corrected chi connectivity index (χ1v) is 4.87. The zero-order chi connectivity index (χ0) is 16.3. The van der Waals surface area contributed by atoms with E-state index in [1.54, 1.807) is 0 Å². The molecule has 0 amide bonds. The third-order valence-electron chi connectivity index (χ3n) is 1.36. The normalized spacial score (nSPS) is 6.96. The van der Waals surface area contributed by atoms with Crippen molar-refractivity contribution in [3.63, 3.8) is 0 Å². The van der Waals surface area contributed by atoms with Crippen LogP contribution in [0.4, 0.5) is 0 Å². The summed E-state index contributed by atoms with van der Waals surface area (Å²) < 4.78 is 0. The molecule has 0 aliphatic carbocycles. The minimum Gasteiger partial charge on any atom is -0.545 e. The lowest BCUT2D eigenvalue weighted by Crippen LogP contribution is -2.51. The van der Waals surface area contributed by atoms with Crippen molar-refractivity contribution in [3.8, 4) is 0 Å². The highest BCUT2D eigenvalue weighted by Gasteiger charge is 1.94. The maximum absolute atomic E-state index is 10.2. The van der Waals surface area contributed by atoms with Crippen LogP contribution in [-0.4, -0.2) is 40.3 Å². The Morgan fingerprint density at radius 1 is 0.696 bits per heavy atom. The minimum atomic E-state index is -1.33. The summed E-state index contributed by atoms with van der Waals surface area (Å²) in [7, 11) is 0. The molecule has 1 aromatic carbocycles. The number of benzene rings is 1. The van der Waals surface area contributed by atoms with E-state index in [1.165, 1.54) is 0 Å². The second-order valence-electron chi connectivity index (χ2n) is 3.15. The topological polar surface area (TPSA) is 330 Å². The number of carbonyl (C=O) groups excluding carboxylic acids is 2. The third-order valence-corrected chi connectivity index (χ3v) is 1.36. The van der Waals surface area contributed by atoms with Gasteiger partial charge >= 0.3 is 11.9 Å². The number of carboxylic acids is 2. The first-order chi connectivity index (χ1) is 9.07. The van der Waals surface area contributed by atoms with Crippen LogP contribution in [0.15, 0.2) is 24.3 Å². The van der Waals surface area contributed by atoms with Gasteiger partial charge in [-0.1, -0.05) is 24.3 Å². The van der Waals surface area contributed by atoms with Gasteiger partial charge in [-0.05, 0) is 11.1 Å². The highest BCUT2D eigenvalue weighted by atomic mass is 16.4. The second kappa shape index (κ2) is 16.6. The van der Waals surface area contributed by atoms with Crippen molar-refractivity contribution in [2.75, 3.05) is 0 Å². The van der Waals surface area contributed by atoms with Crippen LogP contribution in [0.3, 0.4) is 0 Å². The number of aromatic carboxylic acids is 2. The average molecular weight is 338 g/mol. The van der Waals surface area contributed by atoms with Crippen LogP contribution < -0.4 is 44.0 Å². The van der Waals surface area contributed by atoms with Gasteiger partial charge in [-0.2, -0.15) is 0 Å². The number of nitrogens with two attached hydrogens (primary N) is 6. The molecule has 0 heterocycles. The number of hydrogen-bond acceptors (Lipinski definition) is 4. The number of rotatable bonds is 2. The third kappa shape index (κ3) is 24.0. The van der Waals surface area contributed by atoms with E-state index in [9.17, 15) is 19.8 Å². The van der Waals surface area contributed by atoms with Gasteiger partial charge in [-0.25, -0.2) is 0 Å². The molecule has 0 unspecified atom stereocenters. The van der Waals surface area contributed by atoms with Crippen LogP contribution >= 0.6 is 0 Å². The molecule has 13 nitrogen and oxygen atoms in total. The molecular weight excluding hydrogens is 316 g/mol. The molecule has 0 aliphatic heterocycles. The quantitative estimate of drug-likeness (QED) is 0.221. The Labute approximate surface area is 130 Å². The number of guanidine groups is 2. The maximum atomic E-state index is 10.2. The highest BCUT2D eigenvalue weighted by Crippen LogP contribution is 2.01. The number of carboxylic acid groups (broad SMARTS) is 2. The lowest BCUT2D eigenvalue weighted by atomic mass is 10.1. The number of hydrogen-bond donors (Lipinski definition) is 6. The largest absolute Gasteiger partial charge is 0.545 e. The molecule has 0 saturated heterocycles. The Morgan fingerprint density at radius 2 is 0.826 bits per heavy atom. The Balaban J connectivity index is -0.0000000844. The van der Waals surface area contributed by atoms with E-state index in [2.05, 4.69) is 33.8 Å². The highest BCUT2D eigenvalue weighted by molar-refractivity contribution is 5.89. The fourth-order valence-electron chi connectivity index (χ4n) is 0.742. The van der Waals surface area contributed by atoms with Crippen molar-refractivity contribution in [3.05, 3.63) is 35.4 Å². The van der Waals surface area contributed by atoms with Gasteiger partial charge in [-0.3, -0.25) is 33.8 Å². The molecule has 0 aromatic heterocycles.